The minimum absolute atomic E-state index is 0.200. The summed E-state index contributed by atoms with van der Waals surface area (Å²) < 4.78 is 26.4. The van der Waals surface area contributed by atoms with E-state index in [1.54, 1.807) is 19.1 Å². The summed E-state index contributed by atoms with van der Waals surface area (Å²) in [6.45, 7) is 10.1. The van der Waals surface area contributed by atoms with Crippen LogP contribution in [0.2, 0.25) is 0 Å². The molecular formula is C27H39N3O4S. The Labute approximate surface area is 210 Å². The lowest BCUT2D eigenvalue weighted by atomic mass is 10.0. The molecule has 2 rings (SSSR count). The molecule has 8 heteroatoms. The van der Waals surface area contributed by atoms with E-state index in [9.17, 15) is 18.0 Å². The van der Waals surface area contributed by atoms with Gasteiger partial charge in [0.15, 0.2) is 0 Å². The summed E-state index contributed by atoms with van der Waals surface area (Å²) in [5.41, 5.74) is 3.45. The van der Waals surface area contributed by atoms with Crippen molar-refractivity contribution in [3.8, 4) is 0 Å². The van der Waals surface area contributed by atoms with Gasteiger partial charge in [-0.3, -0.25) is 13.9 Å². The highest BCUT2D eigenvalue weighted by Gasteiger charge is 2.30. The second-order valence-electron chi connectivity index (χ2n) is 9.34. The summed E-state index contributed by atoms with van der Waals surface area (Å²) in [4.78, 5) is 27.8. The molecule has 0 aromatic heterocycles. The lowest BCUT2D eigenvalue weighted by Gasteiger charge is -2.31. The predicted octanol–water partition coefficient (Wildman–Crippen LogP) is 4.22. The van der Waals surface area contributed by atoms with Crippen LogP contribution < -0.4 is 9.62 Å². The molecule has 2 aromatic carbocycles. The van der Waals surface area contributed by atoms with Crippen LogP contribution in [0.15, 0.2) is 48.5 Å². The highest BCUT2D eigenvalue weighted by atomic mass is 32.2. The van der Waals surface area contributed by atoms with Crippen molar-refractivity contribution in [1.82, 2.24) is 10.2 Å². The first kappa shape index (κ1) is 28.4. The van der Waals surface area contributed by atoms with E-state index in [1.807, 2.05) is 50.2 Å². The van der Waals surface area contributed by atoms with E-state index in [2.05, 4.69) is 19.2 Å². The Morgan fingerprint density at radius 3 is 2.09 bits per heavy atom. The number of anilines is 1. The normalized spacial score (nSPS) is 12.3. The van der Waals surface area contributed by atoms with E-state index in [4.69, 9.17) is 0 Å². The lowest BCUT2D eigenvalue weighted by molar-refractivity contribution is -0.139. The van der Waals surface area contributed by atoms with Crippen molar-refractivity contribution in [2.24, 2.45) is 0 Å². The molecule has 0 aliphatic heterocycles. The largest absolute Gasteiger partial charge is 0.354 e. The van der Waals surface area contributed by atoms with Crippen LogP contribution in [0.5, 0.6) is 0 Å². The van der Waals surface area contributed by atoms with E-state index in [1.165, 1.54) is 4.90 Å². The van der Waals surface area contributed by atoms with Gasteiger partial charge in [0.25, 0.3) is 0 Å². The van der Waals surface area contributed by atoms with Crippen LogP contribution in [-0.2, 0) is 26.2 Å². The third-order valence-electron chi connectivity index (χ3n) is 6.00. The third kappa shape index (κ3) is 8.38. The van der Waals surface area contributed by atoms with Crippen molar-refractivity contribution in [1.29, 1.82) is 0 Å². The maximum Gasteiger partial charge on any atom is 0.244 e. The van der Waals surface area contributed by atoms with Crippen LogP contribution in [0.1, 0.15) is 63.1 Å². The summed E-state index contributed by atoms with van der Waals surface area (Å²) in [7, 11) is -3.74. The minimum Gasteiger partial charge on any atom is -0.354 e. The maximum absolute atomic E-state index is 13.5. The molecule has 1 atom stereocenters. The highest BCUT2D eigenvalue weighted by molar-refractivity contribution is 7.92. The minimum atomic E-state index is -3.74. The number of benzene rings is 2. The SMILES string of the molecule is CCCCNC(=O)C(C)N(Cc1ccc(C)cc1)C(=O)CN(c1ccc(C(C)C)cc1)S(C)(=O)=O. The molecule has 0 aliphatic carbocycles. The van der Waals surface area contributed by atoms with Crippen LogP contribution in [0.3, 0.4) is 0 Å². The first-order chi connectivity index (χ1) is 16.4. The van der Waals surface area contributed by atoms with Gasteiger partial charge in [-0.2, -0.15) is 0 Å². The van der Waals surface area contributed by atoms with Gasteiger partial charge in [-0.05, 0) is 49.4 Å². The summed E-state index contributed by atoms with van der Waals surface area (Å²) in [5.74, 6) is -0.400. The lowest BCUT2D eigenvalue weighted by Crippen LogP contribution is -2.51. The number of rotatable bonds is 12. The van der Waals surface area contributed by atoms with Crippen LogP contribution in [-0.4, -0.2) is 50.5 Å². The maximum atomic E-state index is 13.5. The zero-order valence-corrected chi connectivity index (χ0v) is 22.6. The molecule has 2 aromatic rings. The average Bonchev–Trinajstić information content (AvgIpc) is 2.81. The molecule has 0 saturated carbocycles. The van der Waals surface area contributed by atoms with Gasteiger partial charge in [0, 0.05) is 13.1 Å². The number of hydrogen-bond donors (Lipinski definition) is 1. The van der Waals surface area contributed by atoms with E-state index in [0.717, 1.165) is 40.1 Å². The quantitative estimate of drug-likeness (QED) is 0.441. The fourth-order valence-electron chi connectivity index (χ4n) is 3.65. The molecule has 1 unspecified atom stereocenters. The van der Waals surface area contributed by atoms with Gasteiger partial charge >= 0.3 is 0 Å². The number of nitrogens with zero attached hydrogens (tertiary/aromatic N) is 2. The van der Waals surface area contributed by atoms with Gasteiger partial charge in [0.2, 0.25) is 21.8 Å². The highest BCUT2D eigenvalue weighted by Crippen LogP contribution is 2.23. The van der Waals surface area contributed by atoms with Crippen LogP contribution >= 0.6 is 0 Å². The number of hydrogen-bond acceptors (Lipinski definition) is 4. The monoisotopic (exact) mass is 501 g/mol. The van der Waals surface area contributed by atoms with Crippen LogP contribution in [0.25, 0.3) is 0 Å². The fourth-order valence-corrected chi connectivity index (χ4v) is 4.50. The van der Waals surface area contributed by atoms with E-state index >= 15 is 0 Å². The van der Waals surface area contributed by atoms with E-state index in [0.29, 0.717) is 18.2 Å². The number of aryl methyl sites for hydroxylation is 1. The van der Waals surface area contributed by atoms with Crippen LogP contribution in [0.4, 0.5) is 5.69 Å². The Balaban J connectivity index is 2.34. The molecule has 2 amide bonds. The van der Waals surface area contributed by atoms with Crippen molar-refractivity contribution in [3.63, 3.8) is 0 Å². The zero-order chi connectivity index (χ0) is 26.2. The average molecular weight is 502 g/mol. The van der Waals surface area contributed by atoms with Gasteiger partial charge in [0.1, 0.15) is 12.6 Å². The Bertz CT molecular complexity index is 1080. The van der Waals surface area contributed by atoms with Gasteiger partial charge < -0.3 is 10.2 Å². The van der Waals surface area contributed by atoms with Crippen molar-refractivity contribution >= 4 is 27.5 Å². The third-order valence-corrected chi connectivity index (χ3v) is 7.14. The molecule has 0 spiro atoms. The van der Waals surface area contributed by atoms with Gasteiger partial charge in [-0.25, -0.2) is 8.42 Å². The molecular weight excluding hydrogens is 462 g/mol. The first-order valence-corrected chi connectivity index (χ1v) is 14.0. The molecule has 0 bridgehead atoms. The Hall–Kier alpha value is -2.87. The summed E-state index contributed by atoms with van der Waals surface area (Å²) in [6, 6.07) is 14.1. The van der Waals surface area contributed by atoms with Crippen molar-refractivity contribution in [3.05, 3.63) is 65.2 Å². The summed E-state index contributed by atoms with van der Waals surface area (Å²) in [5, 5.41) is 2.88. The Morgan fingerprint density at radius 2 is 1.57 bits per heavy atom. The Kier molecular flexibility index (Phi) is 10.3. The number of carbonyl (C=O) groups excluding carboxylic acids is 2. The van der Waals surface area contributed by atoms with Crippen molar-refractivity contribution in [2.75, 3.05) is 23.7 Å². The fraction of sp³-hybridized carbons (Fsp3) is 0.481. The van der Waals surface area contributed by atoms with Crippen LogP contribution in [0, 0.1) is 6.92 Å². The molecule has 1 N–H and O–H groups in total. The van der Waals surface area contributed by atoms with Gasteiger partial charge in [-0.1, -0.05) is 69.2 Å². The van der Waals surface area contributed by atoms with Crippen molar-refractivity contribution in [2.45, 2.75) is 66.0 Å². The van der Waals surface area contributed by atoms with Gasteiger partial charge in [0.05, 0.1) is 11.9 Å². The standard InChI is InChI=1S/C27H39N3O4S/c1-7-8-17-28-27(32)22(5)29(18-23-11-9-21(4)10-12-23)26(31)19-30(35(6,33)34)25-15-13-24(14-16-25)20(2)3/h9-16,20,22H,7-8,17-19H2,1-6H3,(H,28,32). The molecule has 7 nitrogen and oxygen atoms in total. The first-order valence-electron chi connectivity index (χ1n) is 12.1. The number of unbranched alkanes of at least 4 members (excludes halogenated alkanes) is 1. The number of carbonyl (C=O) groups is 2. The zero-order valence-electron chi connectivity index (χ0n) is 21.7. The molecule has 0 saturated heterocycles. The van der Waals surface area contributed by atoms with Gasteiger partial charge in [-0.15, -0.1) is 0 Å². The summed E-state index contributed by atoms with van der Waals surface area (Å²) in [6.07, 6.45) is 2.88. The molecule has 0 radical (unpaired) electrons. The number of amides is 2. The summed E-state index contributed by atoms with van der Waals surface area (Å²) >= 11 is 0. The molecule has 0 heterocycles. The number of sulfonamides is 1. The topological polar surface area (TPSA) is 86.8 Å². The molecule has 192 valence electrons. The smallest absolute Gasteiger partial charge is 0.244 e. The molecule has 0 fully saturated rings. The second kappa shape index (κ2) is 12.7. The second-order valence-corrected chi connectivity index (χ2v) is 11.3. The predicted molar refractivity (Wildman–Crippen MR) is 142 cm³/mol. The molecule has 35 heavy (non-hydrogen) atoms. The van der Waals surface area contributed by atoms with Crippen molar-refractivity contribution < 1.29 is 18.0 Å². The Morgan fingerprint density at radius 1 is 0.971 bits per heavy atom. The molecule has 0 aliphatic rings. The van der Waals surface area contributed by atoms with E-state index < -0.39 is 28.5 Å². The number of nitrogens with one attached hydrogen (secondary N) is 1. The van der Waals surface area contributed by atoms with E-state index in [-0.39, 0.29) is 12.5 Å².